The number of hydrogen-bond donors (Lipinski definition) is 2. The number of sulfonamides is 1. The Bertz CT molecular complexity index is 1080. The van der Waals surface area contributed by atoms with Crippen molar-refractivity contribution >= 4 is 27.0 Å². The number of aromatic nitrogens is 3. The molecule has 3 rings (SSSR count). The molecule has 9 heteroatoms. The van der Waals surface area contributed by atoms with Crippen molar-refractivity contribution in [2.24, 2.45) is 0 Å². The summed E-state index contributed by atoms with van der Waals surface area (Å²) in [4.78, 5) is 12.3. The molecule has 3 aromatic rings. The maximum Gasteiger partial charge on any atom is 0.241 e. The summed E-state index contributed by atoms with van der Waals surface area (Å²) in [5.41, 5.74) is 3.03. The molecule has 0 bridgehead atoms. The lowest BCUT2D eigenvalue weighted by Crippen LogP contribution is -2.36. The first-order valence-corrected chi connectivity index (χ1v) is 9.97. The van der Waals surface area contributed by atoms with E-state index in [4.69, 9.17) is 0 Å². The minimum atomic E-state index is -3.62. The molecular formula is C18H21N5O3S. The zero-order valence-corrected chi connectivity index (χ0v) is 16.0. The number of aryl methyl sites for hydroxylation is 2. The number of nitrogens with one attached hydrogen (secondary N) is 2. The van der Waals surface area contributed by atoms with Crippen LogP contribution < -0.4 is 10.0 Å². The van der Waals surface area contributed by atoms with Gasteiger partial charge in [0.2, 0.25) is 15.9 Å². The third kappa shape index (κ3) is 4.50. The van der Waals surface area contributed by atoms with Gasteiger partial charge in [-0.1, -0.05) is 29.5 Å². The van der Waals surface area contributed by atoms with Crippen LogP contribution in [0.5, 0.6) is 0 Å². The highest BCUT2D eigenvalue weighted by atomic mass is 32.2. The molecular weight excluding hydrogens is 366 g/mol. The second-order valence-corrected chi connectivity index (χ2v) is 7.99. The summed E-state index contributed by atoms with van der Waals surface area (Å²) in [6.07, 6.45) is 0. The zero-order chi connectivity index (χ0) is 19.4. The molecule has 142 valence electrons. The van der Waals surface area contributed by atoms with E-state index in [0.29, 0.717) is 11.1 Å². The van der Waals surface area contributed by atoms with Crippen LogP contribution in [0.4, 0.5) is 0 Å². The number of fused-ring (bicyclic) bond motifs is 1. The molecule has 1 heterocycles. The van der Waals surface area contributed by atoms with Gasteiger partial charge in [-0.2, -0.15) is 0 Å². The van der Waals surface area contributed by atoms with E-state index in [2.05, 4.69) is 20.4 Å². The van der Waals surface area contributed by atoms with Crippen LogP contribution >= 0.6 is 0 Å². The fourth-order valence-electron chi connectivity index (χ4n) is 2.69. The maximum absolute atomic E-state index is 12.4. The molecule has 1 aromatic heterocycles. The van der Waals surface area contributed by atoms with Gasteiger partial charge in [0.25, 0.3) is 0 Å². The van der Waals surface area contributed by atoms with Gasteiger partial charge in [-0.25, -0.2) is 17.8 Å². The topological polar surface area (TPSA) is 106 Å². The first-order chi connectivity index (χ1) is 12.9. The summed E-state index contributed by atoms with van der Waals surface area (Å²) < 4.78 is 28.8. The third-order valence-corrected chi connectivity index (χ3v) is 5.69. The van der Waals surface area contributed by atoms with Crippen molar-refractivity contribution in [3.05, 3.63) is 53.6 Å². The average Bonchev–Trinajstić information content (AvgIpc) is 3.04. The summed E-state index contributed by atoms with van der Waals surface area (Å²) in [6, 6.07) is 12.6. The largest absolute Gasteiger partial charge is 0.353 e. The minimum Gasteiger partial charge on any atom is -0.353 e. The number of para-hydroxylation sites is 1. The highest BCUT2D eigenvalue weighted by Gasteiger charge is 2.16. The van der Waals surface area contributed by atoms with Gasteiger partial charge in [-0.05, 0) is 43.2 Å². The van der Waals surface area contributed by atoms with E-state index in [1.165, 1.54) is 4.68 Å². The first kappa shape index (κ1) is 19.0. The van der Waals surface area contributed by atoms with E-state index < -0.39 is 10.0 Å². The Morgan fingerprint density at radius 3 is 2.70 bits per heavy atom. The van der Waals surface area contributed by atoms with Gasteiger partial charge in [0.15, 0.2) is 0 Å². The fourth-order valence-corrected chi connectivity index (χ4v) is 4.05. The van der Waals surface area contributed by atoms with Crippen LogP contribution in [0.25, 0.3) is 11.0 Å². The van der Waals surface area contributed by atoms with Crippen molar-refractivity contribution < 1.29 is 13.2 Å². The molecule has 2 aromatic carbocycles. The van der Waals surface area contributed by atoms with E-state index in [-0.39, 0.29) is 30.4 Å². The van der Waals surface area contributed by atoms with Crippen LogP contribution in [-0.4, -0.2) is 42.4 Å². The lowest BCUT2D eigenvalue weighted by molar-refractivity contribution is -0.121. The summed E-state index contributed by atoms with van der Waals surface area (Å²) in [6.45, 7) is 3.88. The molecule has 1 amide bonds. The molecule has 8 nitrogen and oxygen atoms in total. The maximum atomic E-state index is 12.4. The van der Waals surface area contributed by atoms with E-state index >= 15 is 0 Å². The normalized spacial score (nSPS) is 11.6. The van der Waals surface area contributed by atoms with Crippen molar-refractivity contribution in [2.75, 3.05) is 13.1 Å². The Kier molecular flexibility index (Phi) is 5.52. The molecule has 0 atom stereocenters. The standard InChI is InChI=1S/C18H21N5O3S/c1-13-7-8-14(2)17(11-13)27(25,26)20-10-9-19-18(24)12-23-16-6-4-3-5-15(16)21-22-23/h3-8,11,20H,9-10,12H2,1-2H3,(H,19,24). The van der Waals surface area contributed by atoms with Crippen LogP contribution in [0.15, 0.2) is 47.4 Å². The quantitative estimate of drug-likeness (QED) is 0.592. The van der Waals surface area contributed by atoms with E-state index in [0.717, 1.165) is 11.1 Å². The SMILES string of the molecule is Cc1ccc(C)c(S(=O)(=O)NCCNC(=O)Cn2nnc3ccccc32)c1. The van der Waals surface area contributed by atoms with Gasteiger partial charge in [0.05, 0.1) is 10.4 Å². The van der Waals surface area contributed by atoms with Crippen molar-refractivity contribution in [2.45, 2.75) is 25.3 Å². The van der Waals surface area contributed by atoms with E-state index in [1.54, 1.807) is 19.1 Å². The highest BCUT2D eigenvalue weighted by Crippen LogP contribution is 2.16. The van der Waals surface area contributed by atoms with Crippen molar-refractivity contribution in [3.63, 3.8) is 0 Å². The van der Waals surface area contributed by atoms with Gasteiger partial charge in [-0.15, -0.1) is 5.10 Å². The zero-order valence-electron chi connectivity index (χ0n) is 15.1. The number of carbonyl (C=O) groups excluding carboxylic acids is 1. The number of nitrogens with zero attached hydrogens (tertiary/aromatic N) is 3. The minimum absolute atomic E-state index is 0.0181. The Labute approximate surface area is 157 Å². The summed E-state index contributed by atoms with van der Waals surface area (Å²) in [5.74, 6) is -0.267. The molecule has 0 spiro atoms. The molecule has 0 saturated heterocycles. The molecule has 0 fully saturated rings. The van der Waals surface area contributed by atoms with Gasteiger partial charge in [0, 0.05) is 13.1 Å². The fraction of sp³-hybridized carbons (Fsp3) is 0.278. The Hall–Kier alpha value is -2.78. The molecule has 0 saturated carbocycles. The van der Waals surface area contributed by atoms with Crippen LogP contribution in [0.1, 0.15) is 11.1 Å². The number of benzene rings is 2. The molecule has 0 aliphatic rings. The van der Waals surface area contributed by atoms with Gasteiger partial charge >= 0.3 is 0 Å². The molecule has 27 heavy (non-hydrogen) atoms. The Morgan fingerprint density at radius 1 is 1.11 bits per heavy atom. The molecule has 0 unspecified atom stereocenters. The molecule has 2 N–H and O–H groups in total. The third-order valence-electron chi connectivity index (χ3n) is 4.09. The highest BCUT2D eigenvalue weighted by molar-refractivity contribution is 7.89. The lowest BCUT2D eigenvalue weighted by atomic mass is 10.2. The summed E-state index contributed by atoms with van der Waals surface area (Å²) in [7, 11) is -3.62. The summed E-state index contributed by atoms with van der Waals surface area (Å²) in [5, 5.41) is 10.6. The number of amides is 1. The Morgan fingerprint density at radius 2 is 1.89 bits per heavy atom. The van der Waals surface area contributed by atoms with Crippen LogP contribution in [-0.2, 0) is 21.4 Å². The summed E-state index contributed by atoms with van der Waals surface area (Å²) >= 11 is 0. The van der Waals surface area contributed by atoms with Crippen LogP contribution in [0, 0.1) is 13.8 Å². The van der Waals surface area contributed by atoms with Crippen molar-refractivity contribution in [3.8, 4) is 0 Å². The number of rotatable bonds is 7. The first-order valence-electron chi connectivity index (χ1n) is 8.49. The molecule has 0 aliphatic heterocycles. The van der Waals surface area contributed by atoms with Crippen molar-refractivity contribution in [1.82, 2.24) is 25.0 Å². The van der Waals surface area contributed by atoms with Crippen LogP contribution in [0.3, 0.4) is 0 Å². The molecule has 0 radical (unpaired) electrons. The second-order valence-electron chi connectivity index (χ2n) is 6.25. The smallest absolute Gasteiger partial charge is 0.241 e. The van der Waals surface area contributed by atoms with E-state index in [1.807, 2.05) is 37.3 Å². The van der Waals surface area contributed by atoms with Gasteiger partial charge in [0.1, 0.15) is 12.1 Å². The van der Waals surface area contributed by atoms with Gasteiger partial charge in [-0.3, -0.25) is 4.79 Å². The second kappa shape index (κ2) is 7.85. The lowest BCUT2D eigenvalue weighted by Gasteiger charge is -2.11. The number of carbonyl (C=O) groups is 1. The van der Waals surface area contributed by atoms with Crippen LogP contribution in [0.2, 0.25) is 0 Å². The van der Waals surface area contributed by atoms with Gasteiger partial charge < -0.3 is 5.32 Å². The Balaban J connectivity index is 1.52. The molecule has 0 aliphatic carbocycles. The van der Waals surface area contributed by atoms with Crippen molar-refractivity contribution in [1.29, 1.82) is 0 Å². The van der Waals surface area contributed by atoms with E-state index in [9.17, 15) is 13.2 Å². The monoisotopic (exact) mass is 387 g/mol. The average molecular weight is 387 g/mol. The predicted octanol–water partition coefficient (Wildman–Crippen LogP) is 1.14. The number of hydrogen-bond acceptors (Lipinski definition) is 5. The predicted molar refractivity (Wildman–Crippen MR) is 102 cm³/mol.